The lowest BCUT2D eigenvalue weighted by Gasteiger charge is -2.12. The van der Waals surface area contributed by atoms with Gasteiger partial charge in [-0.25, -0.2) is 9.97 Å². The van der Waals surface area contributed by atoms with E-state index in [1.807, 2.05) is 24.3 Å². The number of rotatable bonds is 5. The predicted octanol–water partition coefficient (Wildman–Crippen LogP) is 4.50. The Labute approximate surface area is 130 Å². The zero-order chi connectivity index (χ0) is 14.7. The fourth-order valence-corrected chi connectivity index (χ4v) is 2.82. The van der Waals surface area contributed by atoms with Crippen molar-refractivity contribution in [2.45, 2.75) is 39.0 Å². The van der Waals surface area contributed by atoms with Crippen LogP contribution >= 0.6 is 11.6 Å². The first kappa shape index (κ1) is 14.3. The van der Waals surface area contributed by atoms with Gasteiger partial charge in [-0.05, 0) is 49.9 Å². The van der Waals surface area contributed by atoms with Crippen LogP contribution in [0.5, 0.6) is 0 Å². The number of unbranched alkanes of at least 4 members (excludes halogenated alkanes) is 1. The van der Waals surface area contributed by atoms with Crippen LogP contribution in [0.15, 0.2) is 24.3 Å². The maximum Gasteiger partial charge on any atom is 0.161 e. The molecule has 21 heavy (non-hydrogen) atoms. The third kappa shape index (κ3) is 3.18. The van der Waals surface area contributed by atoms with Gasteiger partial charge in [-0.2, -0.15) is 0 Å². The molecular formula is C17H20ClN3. The molecule has 2 aromatic rings. The largest absolute Gasteiger partial charge is 0.370 e. The van der Waals surface area contributed by atoms with E-state index in [2.05, 4.69) is 12.2 Å². The molecule has 1 aliphatic rings. The van der Waals surface area contributed by atoms with Crippen molar-refractivity contribution in [3.8, 4) is 11.4 Å². The first-order valence-electron chi connectivity index (χ1n) is 7.67. The van der Waals surface area contributed by atoms with Gasteiger partial charge in [0.05, 0.1) is 0 Å². The normalized spacial score (nSPS) is 13.2. The molecule has 1 heterocycles. The summed E-state index contributed by atoms with van der Waals surface area (Å²) in [5.74, 6) is 1.82. The predicted molar refractivity (Wildman–Crippen MR) is 87.9 cm³/mol. The molecule has 0 radical (unpaired) electrons. The lowest BCUT2D eigenvalue weighted by molar-refractivity contribution is 0.828. The smallest absolute Gasteiger partial charge is 0.161 e. The molecule has 3 rings (SSSR count). The average molecular weight is 302 g/mol. The van der Waals surface area contributed by atoms with Gasteiger partial charge in [0.15, 0.2) is 5.82 Å². The molecule has 0 amide bonds. The number of aromatic nitrogens is 2. The number of anilines is 1. The van der Waals surface area contributed by atoms with E-state index in [1.54, 1.807) is 0 Å². The first-order chi connectivity index (χ1) is 10.3. The molecule has 1 aliphatic carbocycles. The van der Waals surface area contributed by atoms with Gasteiger partial charge in [0.25, 0.3) is 0 Å². The van der Waals surface area contributed by atoms with Crippen LogP contribution in [0.1, 0.15) is 37.4 Å². The van der Waals surface area contributed by atoms with Gasteiger partial charge in [-0.3, -0.25) is 0 Å². The number of fused-ring (bicyclic) bond motifs is 1. The Hall–Kier alpha value is -1.61. The van der Waals surface area contributed by atoms with Crippen LogP contribution in [0.25, 0.3) is 11.4 Å². The number of aryl methyl sites for hydroxylation is 1. The standard InChI is InChI=1S/C17H20ClN3/c1-2-3-11-19-17-14-5-4-6-15(14)20-16(21-17)12-7-9-13(18)10-8-12/h7-10H,2-6,11H2,1H3,(H,19,20,21). The molecular weight excluding hydrogens is 282 g/mol. The maximum atomic E-state index is 5.96. The highest BCUT2D eigenvalue weighted by Gasteiger charge is 2.19. The number of nitrogens with zero attached hydrogens (tertiary/aromatic N) is 2. The van der Waals surface area contributed by atoms with Gasteiger partial charge in [-0.15, -0.1) is 0 Å². The molecule has 1 aromatic heterocycles. The average Bonchev–Trinajstić information content (AvgIpc) is 2.96. The van der Waals surface area contributed by atoms with Crippen molar-refractivity contribution in [3.05, 3.63) is 40.5 Å². The number of hydrogen-bond donors (Lipinski definition) is 1. The number of hydrogen-bond acceptors (Lipinski definition) is 3. The molecule has 0 atom stereocenters. The number of halogens is 1. The van der Waals surface area contributed by atoms with Gasteiger partial charge < -0.3 is 5.32 Å². The van der Waals surface area contributed by atoms with Gasteiger partial charge in [0, 0.05) is 28.4 Å². The van der Waals surface area contributed by atoms with Gasteiger partial charge >= 0.3 is 0 Å². The minimum atomic E-state index is 0.737. The Morgan fingerprint density at radius 1 is 1.14 bits per heavy atom. The summed E-state index contributed by atoms with van der Waals surface area (Å²) < 4.78 is 0. The third-order valence-electron chi connectivity index (χ3n) is 3.86. The van der Waals surface area contributed by atoms with E-state index in [1.165, 1.54) is 24.1 Å². The van der Waals surface area contributed by atoms with Crippen LogP contribution < -0.4 is 5.32 Å². The van der Waals surface area contributed by atoms with Crippen LogP contribution in [-0.4, -0.2) is 16.5 Å². The van der Waals surface area contributed by atoms with Crippen molar-refractivity contribution in [1.29, 1.82) is 0 Å². The SMILES string of the molecule is CCCCNc1nc(-c2ccc(Cl)cc2)nc2c1CCC2. The Bertz CT molecular complexity index is 623. The zero-order valence-corrected chi connectivity index (χ0v) is 13.1. The maximum absolute atomic E-state index is 5.96. The Morgan fingerprint density at radius 2 is 1.95 bits per heavy atom. The molecule has 110 valence electrons. The van der Waals surface area contributed by atoms with E-state index < -0.39 is 0 Å². The molecule has 0 saturated carbocycles. The van der Waals surface area contributed by atoms with Crippen molar-refractivity contribution in [3.63, 3.8) is 0 Å². The molecule has 0 aliphatic heterocycles. The van der Waals surface area contributed by atoms with Crippen LogP contribution in [-0.2, 0) is 12.8 Å². The quantitative estimate of drug-likeness (QED) is 0.826. The number of nitrogens with one attached hydrogen (secondary N) is 1. The zero-order valence-electron chi connectivity index (χ0n) is 12.3. The molecule has 0 spiro atoms. The molecule has 3 nitrogen and oxygen atoms in total. The summed E-state index contributed by atoms with van der Waals surface area (Å²) in [7, 11) is 0. The lowest BCUT2D eigenvalue weighted by atomic mass is 10.2. The monoisotopic (exact) mass is 301 g/mol. The highest BCUT2D eigenvalue weighted by molar-refractivity contribution is 6.30. The summed E-state index contributed by atoms with van der Waals surface area (Å²) in [5, 5.41) is 4.23. The van der Waals surface area contributed by atoms with Gasteiger partial charge in [0.2, 0.25) is 0 Å². The highest BCUT2D eigenvalue weighted by atomic mass is 35.5. The van der Waals surface area contributed by atoms with Gasteiger partial charge in [-0.1, -0.05) is 24.9 Å². The Balaban J connectivity index is 1.94. The van der Waals surface area contributed by atoms with Crippen LogP contribution in [0.3, 0.4) is 0 Å². The van der Waals surface area contributed by atoms with Crippen LogP contribution in [0.4, 0.5) is 5.82 Å². The summed E-state index contributed by atoms with van der Waals surface area (Å²) in [4.78, 5) is 9.50. The van der Waals surface area contributed by atoms with E-state index >= 15 is 0 Å². The lowest BCUT2D eigenvalue weighted by Crippen LogP contribution is -2.08. The van der Waals surface area contributed by atoms with Crippen molar-refractivity contribution >= 4 is 17.4 Å². The van der Waals surface area contributed by atoms with E-state index in [-0.39, 0.29) is 0 Å². The minimum Gasteiger partial charge on any atom is -0.370 e. The second-order valence-corrected chi connectivity index (χ2v) is 5.90. The van der Waals surface area contributed by atoms with Crippen molar-refractivity contribution < 1.29 is 0 Å². The van der Waals surface area contributed by atoms with Crippen LogP contribution in [0, 0.1) is 0 Å². The van der Waals surface area contributed by atoms with E-state index in [4.69, 9.17) is 21.6 Å². The van der Waals surface area contributed by atoms with Crippen molar-refractivity contribution in [2.24, 2.45) is 0 Å². The Morgan fingerprint density at radius 3 is 2.71 bits per heavy atom. The minimum absolute atomic E-state index is 0.737. The highest BCUT2D eigenvalue weighted by Crippen LogP contribution is 2.29. The Kier molecular flexibility index (Phi) is 4.39. The fraction of sp³-hybridized carbons (Fsp3) is 0.412. The summed E-state index contributed by atoms with van der Waals surface area (Å²) in [6, 6.07) is 7.74. The third-order valence-corrected chi connectivity index (χ3v) is 4.11. The van der Waals surface area contributed by atoms with Gasteiger partial charge in [0.1, 0.15) is 5.82 Å². The second kappa shape index (κ2) is 6.44. The van der Waals surface area contributed by atoms with Crippen molar-refractivity contribution in [1.82, 2.24) is 9.97 Å². The molecule has 0 saturated heterocycles. The molecule has 1 N–H and O–H groups in total. The summed E-state index contributed by atoms with van der Waals surface area (Å²) >= 11 is 5.96. The first-order valence-corrected chi connectivity index (χ1v) is 8.05. The molecule has 1 aromatic carbocycles. The van der Waals surface area contributed by atoms with E-state index in [0.717, 1.165) is 48.0 Å². The molecule has 4 heteroatoms. The summed E-state index contributed by atoms with van der Waals surface area (Å²) in [6.07, 6.45) is 5.67. The molecule has 0 bridgehead atoms. The second-order valence-electron chi connectivity index (χ2n) is 5.46. The molecule has 0 fully saturated rings. The fourth-order valence-electron chi connectivity index (χ4n) is 2.69. The number of benzene rings is 1. The summed E-state index contributed by atoms with van der Waals surface area (Å²) in [6.45, 7) is 3.17. The molecule has 0 unspecified atom stereocenters. The van der Waals surface area contributed by atoms with E-state index in [0.29, 0.717) is 0 Å². The van der Waals surface area contributed by atoms with Crippen molar-refractivity contribution in [2.75, 3.05) is 11.9 Å². The van der Waals surface area contributed by atoms with Crippen LogP contribution in [0.2, 0.25) is 5.02 Å². The van der Waals surface area contributed by atoms with E-state index in [9.17, 15) is 0 Å². The topological polar surface area (TPSA) is 37.8 Å². The summed E-state index contributed by atoms with van der Waals surface area (Å²) in [5.41, 5.74) is 3.53.